The molecule has 1 fully saturated rings. The van der Waals surface area contributed by atoms with Crippen molar-refractivity contribution in [3.63, 3.8) is 0 Å². The van der Waals surface area contributed by atoms with Gasteiger partial charge in [-0.25, -0.2) is 14.4 Å². The highest BCUT2D eigenvalue weighted by Gasteiger charge is 2.40. The summed E-state index contributed by atoms with van der Waals surface area (Å²) in [6.45, 7) is 5.97. The molecule has 1 aliphatic heterocycles. The summed E-state index contributed by atoms with van der Waals surface area (Å²) in [7, 11) is 0. The first-order valence-electron chi connectivity index (χ1n) is 11.6. The molecule has 0 unspecified atom stereocenters. The SMILES string of the molecule is Cc1nc(N2CCC3(CC2)Cc2ccc(F)cc2C3)n2ccnc2c1-c1cccc(Cl)c1C. The molecule has 0 N–H and O–H groups in total. The van der Waals surface area contributed by atoms with E-state index in [9.17, 15) is 4.39 Å². The number of nitrogens with zero attached hydrogens (tertiary/aromatic N) is 4. The van der Waals surface area contributed by atoms with Crippen LogP contribution in [-0.4, -0.2) is 27.5 Å². The molecule has 1 aliphatic carbocycles. The van der Waals surface area contributed by atoms with E-state index in [1.165, 1.54) is 11.1 Å². The number of hydrogen-bond acceptors (Lipinski definition) is 3. The van der Waals surface area contributed by atoms with E-state index >= 15 is 0 Å². The Kier molecular flexibility index (Phi) is 4.73. The third kappa shape index (κ3) is 3.33. The second-order valence-electron chi connectivity index (χ2n) is 9.66. The Hall–Kier alpha value is -2.92. The molecular formula is C27H26ClFN4. The Morgan fingerprint density at radius 2 is 1.82 bits per heavy atom. The molecule has 6 heteroatoms. The Bertz CT molecular complexity index is 1380. The summed E-state index contributed by atoms with van der Waals surface area (Å²) in [5.74, 6) is 0.820. The van der Waals surface area contributed by atoms with Crippen molar-refractivity contribution in [1.29, 1.82) is 0 Å². The molecule has 6 rings (SSSR count). The topological polar surface area (TPSA) is 33.4 Å². The summed E-state index contributed by atoms with van der Waals surface area (Å²) in [5.41, 5.74) is 7.76. The molecular weight excluding hydrogens is 435 g/mol. The van der Waals surface area contributed by atoms with Crippen molar-refractivity contribution in [2.45, 2.75) is 39.5 Å². The van der Waals surface area contributed by atoms with Gasteiger partial charge in [0.25, 0.3) is 0 Å². The van der Waals surface area contributed by atoms with Crippen LogP contribution in [0.15, 0.2) is 48.8 Å². The van der Waals surface area contributed by atoms with Crippen LogP contribution >= 0.6 is 11.6 Å². The number of benzene rings is 2. The minimum absolute atomic E-state index is 0.125. The molecule has 4 nitrogen and oxygen atoms in total. The van der Waals surface area contributed by atoms with Crippen molar-refractivity contribution >= 4 is 23.2 Å². The first-order chi connectivity index (χ1) is 15.9. The first kappa shape index (κ1) is 20.7. The molecule has 1 spiro atoms. The smallest absolute Gasteiger partial charge is 0.211 e. The molecule has 0 amide bonds. The second-order valence-corrected chi connectivity index (χ2v) is 10.1. The molecule has 0 saturated carbocycles. The average Bonchev–Trinajstić information content (AvgIpc) is 3.41. The van der Waals surface area contributed by atoms with E-state index in [2.05, 4.69) is 22.3 Å². The lowest BCUT2D eigenvalue weighted by Gasteiger charge is -2.40. The zero-order valence-corrected chi connectivity index (χ0v) is 19.7. The van der Waals surface area contributed by atoms with E-state index in [4.69, 9.17) is 21.6 Å². The predicted octanol–water partition coefficient (Wildman–Crippen LogP) is 6.19. The minimum atomic E-state index is -0.125. The van der Waals surface area contributed by atoms with E-state index in [0.717, 1.165) is 77.8 Å². The molecule has 2 aromatic carbocycles. The average molecular weight is 461 g/mol. The van der Waals surface area contributed by atoms with Crippen LogP contribution in [0.5, 0.6) is 0 Å². The standard InChI is InChI=1S/C27H26ClFN4/c1-17-22(4-3-5-23(17)28)24-18(2)31-26(33-13-10-30-25(24)33)32-11-8-27(9-12-32)15-19-6-7-21(29)14-20(19)16-27/h3-7,10,13-14H,8-9,11-12,15-16H2,1-2H3. The molecule has 168 valence electrons. The van der Waals surface area contributed by atoms with Crippen molar-refractivity contribution < 1.29 is 4.39 Å². The van der Waals surface area contributed by atoms with Crippen LogP contribution in [0.4, 0.5) is 10.3 Å². The molecule has 1 saturated heterocycles. The normalized spacial score (nSPS) is 17.2. The van der Waals surface area contributed by atoms with Gasteiger partial charge in [0.2, 0.25) is 5.95 Å². The molecule has 2 aromatic heterocycles. The van der Waals surface area contributed by atoms with Crippen molar-refractivity contribution in [3.8, 4) is 11.1 Å². The second kappa shape index (κ2) is 7.56. The Labute approximate surface area is 198 Å². The Morgan fingerprint density at radius 1 is 1.03 bits per heavy atom. The molecule has 0 bridgehead atoms. The van der Waals surface area contributed by atoms with E-state index < -0.39 is 0 Å². The van der Waals surface area contributed by atoms with Crippen molar-refractivity contribution in [2.24, 2.45) is 5.41 Å². The quantitative estimate of drug-likeness (QED) is 0.357. The van der Waals surface area contributed by atoms with Gasteiger partial charge in [-0.3, -0.25) is 4.40 Å². The van der Waals surface area contributed by atoms with Crippen LogP contribution in [0.1, 0.15) is 35.2 Å². The van der Waals surface area contributed by atoms with Crippen LogP contribution < -0.4 is 4.90 Å². The number of aryl methyl sites for hydroxylation is 1. The fourth-order valence-corrected chi connectivity index (χ4v) is 6.00. The number of fused-ring (bicyclic) bond motifs is 2. The van der Waals surface area contributed by atoms with Gasteiger partial charge in [0.1, 0.15) is 11.5 Å². The van der Waals surface area contributed by atoms with Crippen molar-refractivity contribution in [1.82, 2.24) is 14.4 Å². The van der Waals surface area contributed by atoms with Crippen LogP contribution in [0.25, 0.3) is 16.8 Å². The van der Waals surface area contributed by atoms with E-state index in [1.807, 2.05) is 37.5 Å². The van der Waals surface area contributed by atoms with E-state index in [1.54, 1.807) is 12.1 Å². The largest absolute Gasteiger partial charge is 0.342 e. The summed E-state index contributed by atoms with van der Waals surface area (Å²) >= 11 is 6.42. The maximum atomic E-state index is 13.7. The molecule has 2 aliphatic rings. The van der Waals surface area contributed by atoms with Gasteiger partial charge in [-0.1, -0.05) is 29.8 Å². The highest BCUT2D eigenvalue weighted by atomic mass is 35.5. The van der Waals surface area contributed by atoms with Gasteiger partial charge in [0.05, 0.1) is 5.69 Å². The zero-order chi connectivity index (χ0) is 22.7. The molecule has 3 heterocycles. The van der Waals surface area contributed by atoms with Gasteiger partial charge in [0.15, 0.2) is 0 Å². The molecule has 33 heavy (non-hydrogen) atoms. The zero-order valence-electron chi connectivity index (χ0n) is 18.9. The van der Waals surface area contributed by atoms with Gasteiger partial charge in [-0.15, -0.1) is 0 Å². The third-order valence-electron chi connectivity index (χ3n) is 7.65. The lowest BCUT2D eigenvalue weighted by Crippen LogP contribution is -2.41. The first-order valence-corrected chi connectivity index (χ1v) is 11.9. The van der Waals surface area contributed by atoms with Gasteiger partial charge in [0, 0.05) is 36.1 Å². The van der Waals surface area contributed by atoms with Crippen molar-refractivity contribution in [3.05, 3.63) is 82.0 Å². The number of rotatable bonds is 2. The monoisotopic (exact) mass is 460 g/mol. The summed E-state index contributed by atoms with van der Waals surface area (Å²) in [5, 5.41) is 0.749. The lowest BCUT2D eigenvalue weighted by molar-refractivity contribution is 0.231. The van der Waals surface area contributed by atoms with Crippen LogP contribution in [-0.2, 0) is 12.8 Å². The number of halogens is 2. The lowest BCUT2D eigenvalue weighted by atomic mass is 9.76. The Balaban J connectivity index is 1.32. The highest BCUT2D eigenvalue weighted by molar-refractivity contribution is 6.31. The fourth-order valence-electron chi connectivity index (χ4n) is 5.82. The summed E-state index contributed by atoms with van der Waals surface area (Å²) < 4.78 is 15.8. The minimum Gasteiger partial charge on any atom is -0.342 e. The number of anilines is 1. The summed E-state index contributed by atoms with van der Waals surface area (Å²) in [4.78, 5) is 12.2. The fraction of sp³-hybridized carbons (Fsp3) is 0.333. The number of imidazole rings is 1. The summed E-state index contributed by atoms with van der Waals surface area (Å²) in [6, 6.07) is 11.3. The van der Waals surface area contributed by atoms with Gasteiger partial charge in [-0.2, -0.15) is 0 Å². The molecule has 0 radical (unpaired) electrons. The third-order valence-corrected chi connectivity index (χ3v) is 8.06. The van der Waals surface area contributed by atoms with Crippen molar-refractivity contribution in [2.75, 3.05) is 18.0 Å². The van der Waals surface area contributed by atoms with E-state index in [0.29, 0.717) is 0 Å². The number of piperidine rings is 1. The maximum Gasteiger partial charge on any atom is 0.211 e. The van der Waals surface area contributed by atoms with E-state index in [-0.39, 0.29) is 11.2 Å². The molecule has 4 aromatic rings. The highest BCUT2D eigenvalue weighted by Crippen LogP contribution is 2.45. The van der Waals surface area contributed by atoms with Gasteiger partial charge in [-0.05, 0) is 85.4 Å². The Morgan fingerprint density at radius 3 is 2.64 bits per heavy atom. The maximum absolute atomic E-state index is 13.7. The number of aromatic nitrogens is 3. The molecule has 0 atom stereocenters. The van der Waals surface area contributed by atoms with Gasteiger partial charge < -0.3 is 4.90 Å². The number of hydrogen-bond donors (Lipinski definition) is 0. The van der Waals surface area contributed by atoms with Crippen LogP contribution in [0, 0.1) is 25.1 Å². The summed E-state index contributed by atoms with van der Waals surface area (Å²) in [6.07, 6.45) is 8.03. The van der Waals surface area contributed by atoms with Gasteiger partial charge >= 0.3 is 0 Å². The van der Waals surface area contributed by atoms with Crippen LogP contribution in [0.2, 0.25) is 5.02 Å². The van der Waals surface area contributed by atoms with Crippen LogP contribution in [0.3, 0.4) is 0 Å². The predicted molar refractivity (Wildman–Crippen MR) is 131 cm³/mol.